The van der Waals surface area contributed by atoms with Gasteiger partial charge in [0.1, 0.15) is 24.2 Å². The molecule has 6 nitrogen and oxygen atoms in total. The molecule has 1 fully saturated rings. The molecule has 182 valence electrons. The zero-order chi connectivity index (χ0) is 24.2. The molecule has 0 spiro atoms. The number of allylic oxidation sites excluding steroid dienone is 1. The zero-order valence-electron chi connectivity index (χ0n) is 20.6. The van der Waals surface area contributed by atoms with Crippen LogP contribution in [-0.4, -0.2) is 49.0 Å². The van der Waals surface area contributed by atoms with Gasteiger partial charge in [0.05, 0.1) is 7.11 Å². The topological polar surface area (TPSA) is 68.2 Å². The second kappa shape index (κ2) is 10.5. The number of likely N-dealkylation sites (tertiary alicyclic amines) is 1. The van der Waals surface area contributed by atoms with Crippen molar-refractivity contribution >= 4 is 11.7 Å². The summed E-state index contributed by atoms with van der Waals surface area (Å²) in [6.07, 6.45) is 1.59. The number of aryl methyl sites for hydroxylation is 1. The van der Waals surface area contributed by atoms with Crippen LogP contribution in [0.15, 0.2) is 42.0 Å². The minimum atomic E-state index is -1.19. The van der Waals surface area contributed by atoms with Gasteiger partial charge in [-0.1, -0.05) is 43.7 Å². The highest BCUT2D eigenvalue weighted by molar-refractivity contribution is 5.72. The Morgan fingerprint density at radius 2 is 1.91 bits per heavy atom. The number of benzene rings is 2. The molecule has 1 saturated heterocycles. The van der Waals surface area contributed by atoms with Crippen molar-refractivity contribution in [3.05, 3.63) is 64.2 Å². The van der Waals surface area contributed by atoms with Gasteiger partial charge in [0.2, 0.25) is 0 Å². The van der Waals surface area contributed by atoms with Gasteiger partial charge in [0.15, 0.2) is 0 Å². The van der Waals surface area contributed by atoms with E-state index >= 15 is 0 Å². The molecule has 34 heavy (non-hydrogen) atoms. The SMILES string of the molecule is COc1c(COc2ccc3c(c2)CCC(CN2CC(OC(=O)O)C2)=C3C)cccc1CC(C)C. The summed E-state index contributed by atoms with van der Waals surface area (Å²) in [6, 6.07) is 12.7. The highest BCUT2D eigenvalue weighted by Gasteiger charge is 2.31. The van der Waals surface area contributed by atoms with E-state index in [1.54, 1.807) is 7.11 Å². The molecule has 1 heterocycles. The average molecular weight is 466 g/mol. The first kappa shape index (κ1) is 24.1. The van der Waals surface area contributed by atoms with E-state index in [0.717, 1.165) is 42.9 Å². The molecule has 2 aliphatic rings. The number of para-hydroxylation sites is 1. The molecule has 0 radical (unpaired) electrons. The Kier molecular flexibility index (Phi) is 7.47. The van der Waals surface area contributed by atoms with Crippen LogP contribution in [0.1, 0.15) is 49.4 Å². The normalized spacial score (nSPS) is 16.3. The summed E-state index contributed by atoms with van der Waals surface area (Å²) < 4.78 is 16.7. The molecule has 0 amide bonds. The van der Waals surface area contributed by atoms with Crippen LogP contribution in [0.2, 0.25) is 0 Å². The minimum Gasteiger partial charge on any atom is -0.496 e. The number of methoxy groups -OCH3 is 1. The molecule has 0 aromatic heterocycles. The average Bonchev–Trinajstić information content (AvgIpc) is 2.77. The fraction of sp³-hybridized carbons (Fsp3) is 0.464. The molecule has 1 aliphatic carbocycles. The number of hydrogen-bond acceptors (Lipinski definition) is 5. The third-order valence-corrected chi connectivity index (χ3v) is 6.72. The number of carboxylic acid groups (broad SMARTS) is 1. The van der Waals surface area contributed by atoms with Crippen molar-refractivity contribution in [1.82, 2.24) is 4.90 Å². The molecule has 0 atom stereocenters. The smallest absolute Gasteiger partial charge is 0.496 e. The van der Waals surface area contributed by atoms with Crippen LogP contribution < -0.4 is 9.47 Å². The van der Waals surface area contributed by atoms with Gasteiger partial charge in [-0.05, 0) is 66.5 Å². The van der Waals surface area contributed by atoms with E-state index < -0.39 is 6.16 Å². The Labute approximate surface area is 202 Å². The number of carbonyl (C=O) groups is 1. The van der Waals surface area contributed by atoms with Crippen molar-refractivity contribution in [1.29, 1.82) is 0 Å². The summed E-state index contributed by atoms with van der Waals surface area (Å²) in [5.74, 6) is 2.37. The van der Waals surface area contributed by atoms with Crippen molar-refractivity contribution in [3.8, 4) is 11.5 Å². The number of nitrogens with zero attached hydrogens (tertiary/aromatic N) is 1. The zero-order valence-corrected chi connectivity index (χ0v) is 20.6. The van der Waals surface area contributed by atoms with E-state index in [-0.39, 0.29) is 6.10 Å². The molecule has 1 N–H and O–H groups in total. The fourth-order valence-corrected chi connectivity index (χ4v) is 5.01. The van der Waals surface area contributed by atoms with Gasteiger partial charge in [-0.2, -0.15) is 0 Å². The standard InChI is InChI=1S/C28H35NO5/c1-18(2)12-21-6-5-7-23(27(21)32-4)17-33-24-10-11-26-19(3)22(9-8-20(26)13-24)14-29-15-25(16-29)34-28(30)31/h5-7,10-11,13,18,25H,8-9,12,14-17H2,1-4H3,(H,30,31). The molecule has 6 heteroatoms. The predicted molar refractivity (Wildman–Crippen MR) is 133 cm³/mol. The van der Waals surface area contributed by atoms with Gasteiger partial charge in [-0.25, -0.2) is 4.79 Å². The van der Waals surface area contributed by atoms with E-state index in [0.29, 0.717) is 25.6 Å². The van der Waals surface area contributed by atoms with E-state index in [9.17, 15) is 4.79 Å². The summed E-state index contributed by atoms with van der Waals surface area (Å²) in [7, 11) is 1.73. The summed E-state index contributed by atoms with van der Waals surface area (Å²) >= 11 is 0. The van der Waals surface area contributed by atoms with Crippen LogP contribution >= 0.6 is 0 Å². The van der Waals surface area contributed by atoms with Crippen molar-refractivity contribution in [3.63, 3.8) is 0 Å². The third kappa shape index (κ3) is 5.55. The number of fused-ring (bicyclic) bond motifs is 1. The summed E-state index contributed by atoms with van der Waals surface area (Å²) in [4.78, 5) is 12.9. The lowest BCUT2D eigenvalue weighted by molar-refractivity contribution is -0.0292. The summed E-state index contributed by atoms with van der Waals surface area (Å²) in [5, 5.41) is 8.74. The van der Waals surface area contributed by atoms with Crippen LogP contribution in [0.4, 0.5) is 4.79 Å². The molecular formula is C28H35NO5. The van der Waals surface area contributed by atoms with E-state index in [1.807, 2.05) is 0 Å². The lowest BCUT2D eigenvalue weighted by Crippen LogP contribution is -2.53. The van der Waals surface area contributed by atoms with Crippen LogP contribution in [0.25, 0.3) is 5.57 Å². The number of ether oxygens (including phenoxy) is 3. The highest BCUT2D eigenvalue weighted by atomic mass is 16.7. The Morgan fingerprint density at radius 3 is 2.62 bits per heavy atom. The molecule has 4 rings (SSSR count). The van der Waals surface area contributed by atoms with Gasteiger partial charge in [-0.15, -0.1) is 0 Å². The highest BCUT2D eigenvalue weighted by Crippen LogP contribution is 2.35. The second-order valence-corrected chi connectivity index (χ2v) is 9.74. The largest absolute Gasteiger partial charge is 0.506 e. The molecule has 2 aromatic carbocycles. The van der Waals surface area contributed by atoms with E-state index in [4.69, 9.17) is 19.3 Å². The van der Waals surface area contributed by atoms with Crippen molar-refractivity contribution in [2.45, 2.75) is 52.7 Å². The van der Waals surface area contributed by atoms with Crippen molar-refractivity contribution < 1.29 is 24.1 Å². The first-order valence-electron chi connectivity index (χ1n) is 12.1. The Bertz CT molecular complexity index is 1070. The van der Waals surface area contributed by atoms with Gasteiger partial charge in [0.25, 0.3) is 0 Å². The van der Waals surface area contributed by atoms with Gasteiger partial charge < -0.3 is 19.3 Å². The lowest BCUT2D eigenvalue weighted by atomic mass is 9.85. The van der Waals surface area contributed by atoms with Crippen molar-refractivity contribution in [2.75, 3.05) is 26.7 Å². The summed E-state index contributed by atoms with van der Waals surface area (Å²) in [5.41, 5.74) is 7.62. The van der Waals surface area contributed by atoms with Crippen LogP contribution in [0.3, 0.4) is 0 Å². The van der Waals surface area contributed by atoms with Gasteiger partial charge in [-0.3, -0.25) is 4.90 Å². The monoisotopic (exact) mass is 465 g/mol. The van der Waals surface area contributed by atoms with Crippen LogP contribution in [0.5, 0.6) is 11.5 Å². The first-order chi connectivity index (χ1) is 16.3. The Hall–Kier alpha value is -2.99. The molecule has 1 aliphatic heterocycles. The molecular weight excluding hydrogens is 430 g/mol. The van der Waals surface area contributed by atoms with Gasteiger partial charge >= 0.3 is 6.16 Å². The Morgan fingerprint density at radius 1 is 1.15 bits per heavy atom. The first-order valence-corrected chi connectivity index (χ1v) is 12.1. The molecule has 2 aromatic rings. The third-order valence-electron chi connectivity index (χ3n) is 6.72. The summed E-state index contributed by atoms with van der Waals surface area (Å²) in [6.45, 7) is 9.30. The molecule has 0 unspecified atom stereocenters. The minimum absolute atomic E-state index is 0.196. The molecule has 0 saturated carbocycles. The predicted octanol–water partition coefficient (Wildman–Crippen LogP) is 5.57. The number of rotatable bonds is 9. The maximum absolute atomic E-state index is 10.7. The van der Waals surface area contributed by atoms with Gasteiger partial charge in [0, 0.05) is 25.2 Å². The second-order valence-electron chi connectivity index (χ2n) is 9.74. The van der Waals surface area contributed by atoms with Crippen LogP contribution in [0, 0.1) is 5.92 Å². The Balaban J connectivity index is 1.40. The van der Waals surface area contributed by atoms with Crippen LogP contribution in [-0.2, 0) is 24.2 Å². The lowest BCUT2D eigenvalue weighted by Gasteiger charge is -2.39. The maximum atomic E-state index is 10.7. The fourth-order valence-electron chi connectivity index (χ4n) is 5.01. The van der Waals surface area contributed by atoms with E-state index in [1.165, 1.54) is 27.8 Å². The van der Waals surface area contributed by atoms with E-state index in [2.05, 4.69) is 62.1 Å². The quantitative estimate of drug-likeness (QED) is 0.488. The maximum Gasteiger partial charge on any atom is 0.506 e. The van der Waals surface area contributed by atoms with Crippen molar-refractivity contribution in [2.24, 2.45) is 5.92 Å². The number of hydrogen-bond donors (Lipinski definition) is 1. The molecule has 0 bridgehead atoms.